The van der Waals surface area contributed by atoms with E-state index < -0.39 is 10.9 Å². The topological polar surface area (TPSA) is 140 Å². The Morgan fingerprint density at radius 3 is 2.58 bits per heavy atom. The summed E-state index contributed by atoms with van der Waals surface area (Å²) in [5.74, 6) is -1.36. The zero-order valence-corrected chi connectivity index (χ0v) is 13.9. The van der Waals surface area contributed by atoms with Crippen molar-refractivity contribution in [1.82, 2.24) is 14.8 Å². The Labute approximate surface area is 149 Å². The SMILES string of the molecule is O=C(O)c1nn(-c2ccc([N+](=O)[O-])cc2)c2nc(NC(=O)C3CC3)sc12. The van der Waals surface area contributed by atoms with E-state index in [1.807, 2.05) is 0 Å². The lowest BCUT2D eigenvalue weighted by molar-refractivity contribution is -0.384. The molecule has 0 bridgehead atoms. The van der Waals surface area contributed by atoms with Crippen LogP contribution in [0.5, 0.6) is 0 Å². The molecule has 1 aliphatic carbocycles. The Hall–Kier alpha value is -3.34. The Morgan fingerprint density at radius 2 is 2.00 bits per heavy atom. The van der Waals surface area contributed by atoms with Gasteiger partial charge in [0.25, 0.3) is 5.69 Å². The number of nitrogens with one attached hydrogen (secondary N) is 1. The van der Waals surface area contributed by atoms with Crippen LogP contribution < -0.4 is 5.32 Å². The Kier molecular flexibility index (Phi) is 3.65. The summed E-state index contributed by atoms with van der Waals surface area (Å²) in [4.78, 5) is 37.9. The van der Waals surface area contributed by atoms with Gasteiger partial charge in [-0.1, -0.05) is 11.3 Å². The maximum absolute atomic E-state index is 11.9. The van der Waals surface area contributed by atoms with Crippen LogP contribution in [-0.2, 0) is 4.79 Å². The second kappa shape index (κ2) is 5.88. The maximum atomic E-state index is 11.9. The molecule has 0 spiro atoms. The maximum Gasteiger partial charge on any atom is 0.358 e. The van der Waals surface area contributed by atoms with E-state index in [2.05, 4.69) is 15.4 Å². The lowest BCUT2D eigenvalue weighted by Gasteiger charge is -2.02. The van der Waals surface area contributed by atoms with Crippen LogP contribution >= 0.6 is 11.3 Å². The van der Waals surface area contributed by atoms with Crippen molar-refractivity contribution in [2.45, 2.75) is 12.8 Å². The molecule has 10 nitrogen and oxygen atoms in total. The van der Waals surface area contributed by atoms with Crippen molar-refractivity contribution in [1.29, 1.82) is 0 Å². The molecule has 1 fully saturated rings. The zero-order chi connectivity index (χ0) is 18.4. The first kappa shape index (κ1) is 16.1. The molecule has 1 saturated carbocycles. The molecule has 26 heavy (non-hydrogen) atoms. The summed E-state index contributed by atoms with van der Waals surface area (Å²) >= 11 is 1.03. The molecule has 0 saturated heterocycles. The van der Waals surface area contributed by atoms with Crippen molar-refractivity contribution >= 4 is 44.4 Å². The molecule has 1 aliphatic rings. The van der Waals surface area contributed by atoms with Crippen LogP contribution in [0.15, 0.2) is 24.3 Å². The summed E-state index contributed by atoms with van der Waals surface area (Å²) in [6, 6.07) is 5.51. The molecule has 2 N–H and O–H groups in total. The van der Waals surface area contributed by atoms with Gasteiger partial charge in [-0.15, -0.1) is 0 Å². The number of carboxylic acids is 1. The second-order valence-corrected chi connectivity index (χ2v) is 6.77. The van der Waals surface area contributed by atoms with E-state index >= 15 is 0 Å². The van der Waals surface area contributed by atoms with Crippen LogP contribution in [-0.4, -0.2) is 36.7 Å². The third-order valence-corrected chi connectivity index (χ3v) is 4.88. The minimum atomic E-state index is -1.22. The van der Waals surface area contributed by atoms with E-state index in [4.69, 9.17) is 0 Å². The molecule has 0 unspecified atom stereocenters. The number of hydrogen-bond donors (Lipinski definition) is 2. The number of carboxylic acid groups (broad SMARTS) is 1. The normalized spacial score (nSPS) is 13.7. The minimum Gasteiger partial charge on any atom is -0.476 e. The zero-order valence-electron chi connectivity index (χ0n) is 13.1. The molecule has 0 radical (unpaired) electrons. The number of nitro groups is 1. The molecule has 4 rings (SSSR count). The number of fused-ring (bicyclic) bond motifs is 1. The van der Waals surface area contributed by atoms with E-state index in [0.717, 1.165) is 24.2 Å². The first-order valence-corrected chi connectivity index (χ1v) is 8.44. The van der Waals surface area contributed by atoms with Crippen LogP contribution in [0.25, 0.3) is 16.0 Å². The molecule has 1 amide bonds. The van der Waals surface area contributed by atoms with Crippen LogP contribution in [0.4, 0.5) is 10.8 Å². The van der Waals surface area contributed by atoms with Gasteiger partial charge in [0.05, 0.1) is 10.6 Å². The van der Waals surface area contributed by atoms with E-state index in [1.165, 1.54) is 28.9 Å². The fraction of sp³-hybridized carbons (Fsp3) is 0.200. The number of anilines is 1. The minimum absolute atomic E-state index is 0.00729. The van der Waals surface area contributed by atoms with Gasteiger partial charge in [0.2, 0.25) is 5.91 Å². The highest BCUT2D eigenvalue weighted by Crippen LogP contribution is 2.34. The van der Waals surface area contributed by atoms with Crippen LogP contribution in [0.3, 0.4) is 0 Å². The van der Waals surface area contributed by atoms with Crippen molar-refractivity contribution in [2.24, 2.45) is 5.92 Å². The summed E-state index contributed by atoms with van der Waals surface area (Å²) in [5, 5.41) is 27.2. The highest BCUT2D eigenvalue weighted by Gasteiger charge is 2.31. The molecule has 2 aromatic heterocycles. The number of nitro benzene ring substituents is 1. The van der Waals surface area contributed by atoms with Crippen molar-refractivity contribution in [2.75, 3.05) is 5.32 Å². The predicted octanol–water partition coefficient (Wildman–Crippen LogP) is 2.44. The number of aromatic carboxylic acids is 1. The first-order valence-electron chi connectivity index (χ1n) is 7.62. The summed E-state index contributed by atoms with van der Waals surface area (Å²) in [6.07, 6.45) is 1.68. The molecule has 3 aromatic rings. The molecule has 0 atom stereocenters. The lowest BCUT2D eigenvalue weighted by atomic mass is 10.3. The standard InChI is InChI=1S/C15H11N5O5S/c21-13(7-1-2-7)17-15-16-12-11(26-15)10(14(22)23)18-19(12)8-3-5-9(6-4-8)20(24)25/h3-7H,1-2H2,(H,22,23)(H,16,17,21). The number of nitrogens with zero attached hydrogens (tertiary/aromatic N) is 4. The molecule has 1 aromatic carbocycles. The van der Waals surface area contributed by atoms with Gasteiger partial charge in [0.15, 0.2) is 16.5 Å². The predicted molar refractivity (Wildman–Crippen MR) is 91.7 cm³/mol. The highest BCUT2D eigenvalue weighted by molar-refractivity contribution is 7.22. The average molecular weight is 373 g/mol. The fourth-order valence-corrected chi connectivity index (χ4v) is 3.37. The number of carbonyl (C=O) groups excluding carboxylic acids is 1. The molecule has 2 heterocycles. The third kappa shape index (κ3) is 2.77. The van der Waals surface area contributed by atoms with Crippen molar-refractivity contribution in [3.05, 3.63) is 40.1 Å². The number of benzene rings is 1. The van der Waals surface area contributed by atoms with Gasteiger partial charge in [-0.05, 0) is 25.0 Å². The van der Waals surface area contributed by atoms with Crippen LogP contribution in [0.2, 0.25) is 0 Å². The van der Waals surface area contributed by atoms with E-state index in [0.29, 0.717) is 15.5 Å². The number of non-ortho nitro benzene ring substituents is 1. The quantitative estimate of drug-likeness (QED) is 0.517. The monoisotopic (exact) mass is 373 g/mol. The number of rotatable bonds is 5. The van der Waals surface area contributed by atoms with Gasteiger partial charge in [-0.3, -0.25) is 14.9 Å². The van der Waals surface area contributed by atoms with Crippen molar-refractivity contribution in [3.63, 3.8) is 0 Å². The van der Waals surface area contributed by atoms with Gasteiger partial charge < -0.3 is 10.4 Å². The van der Waals surface area contributed by atoms with Gasteiger partial charge >= 0.3 is 5.97 Å². The summed E-state index contributed by atoms with van der Waals surface area (Å²) < 4.78 is 1.62. The molecule has 132 valence electrons. The third-order valence-electron chi connectivity index (χ3n) is 3.91. The Morgan fingerprint density at radius 1 is 1.31 bits per heavy atom. The van der Waals surface area contributed by atoms with Gasteiger partial charge in [-0.25, -0.2) is 9.48 Å². The van der Waals surface area contributed by atoms with Gasteiger partial charge in [0.1, 0.15) is 4.70 Å². The Balaban J connectivity index is 1.77. The molecular weight excluding hydrogens is 362 g/mol. The largest absolute Gasteiger partial charge is 0.476 e. The molecule has 0 aliphatic heterocycles. The summed E-state index contributed by atoms with van der Waals surface area (Å²) in [7, 11) is 0. The first-order chi connectivity index (χ1) is 12.4. The fourth-order valence-electron chi connectivity index (χ4n) is 2.44. The van der Waals surface area contributed by atoms with E-state index in [-0.39, 0.29) is 28.9 Å². The number of carbonyl (C=O) groups is 2. The molecule has 11 heteroatoms. The van der Waals surface area contributed by atoms with E-state index in [9.17, 15) is 24.8 Å². The number of thiazole rings is 1. The van der Waals surface area contributed by atoms with Crippen molar-refractivity contribution < 1.29 is 19.6 Å². The average Bonchev–Trinajstić information content (AvgIpc) is 3.29. The second-order valence-electron chi connectivity index (χ2n) is 5.77. The van der Waals surface area contributed by atoms with Gasteiger partial charge in [-0.2, -0.15) is 10.1 Å². The highest BCUT2D eigenvalue weighted by atomic mass is 32.1. The van der Waals surface area contributed by atoms with Crippen LogP contribution in [0, 0.1) is 16.0 Å². The molecular formula is C15H11N5O5S. The summed E-state index contributed by atoms with van der Waals surface area (Å²) in [6.45, 7) is 0. The summed E-state index contributed by atoms with van der Waals surface area (Å²) in [5.41, 5.74) is 0.417. The number of hydrogen-bond acceptors (Lipinski definition) is 7. The number of amides is 1. The smallest absolute Gasteiger partial charge is 0.358 e. The Bertz CT molecular complexity index is 1050. The van der Waals surface area contributed by atoms with E-state index in [1.54, 1.807) is 0 Å². The number of aromatic nitrogens is 3. The lowest BCUT2D eigenvalue weighted by Crippen LogP contribution is -2.13. The van der Waals surface area contributed by atoms with Gasteiger partial charge in [0, 0.05) is 18.1 Å². The van der Waals surface area contributed by atoms with Crippen molar-refractivity contribution in [3.8, 4) is 5.69 Å². The van der Waals surface area contributed by atoms with Crippen LogP contribution in [0.1, 0.15) is 23.3 Å².